The summed E-state index contributed by atoms with van der Waals surface area (Å²) in [4.78, 5) is 27.5. The number of para-hydroxylation sites is 1. The minimum atomic E-state index is -0.443. The number of methoxy groups -OCH3 is 1. The number of carbonyl (C=O) groups is 2. The highest BCUT2D eigenvalue weighted by Crippen LogP contribution is 2.36. The monoisotopic (exact) mass is 390 g/mol. The topological polar surface area (TPSA) is 58.6 Å². The molecule has 1 aliphatic heterocycles. The Bertz CT molecular complexity index is 843. The zero-order chi connectivity index (χ0) is 18.7. The normalized spacial score (nSPS) is 15.8. The Morgan fingerprint density at radius 2 is 2.08 bits per heavy atom. The number of carbonyl (C=O) groups excluding carboxylic acids is 2. The lowest BCUT2D eigenvalue weighted by molar-refractivity contribution is -0.131. The zero-order valence-electron chi connectivity index (χ0n) is 14.5. The van der Waals surface area contributed by atoms with Crippen molar-refractivity contribution < 1.29 is 14.3 Å². The van der Waals surface area contributed by atoms with Crippen molar-refractivity contribution in [2.24, 2.45) is 0 Å². The largest absolute Gasteiger partial charge is 0.496 e. The molecular formula is C19H19ClN2O3S. The van der Waals surface area contributed by atoms with E-state index in [1.165, 1.54) is 11.8 Å². The first-order valence-electron chi connectivity index (χ1n) is 8.11. The maximum atomic E-state index is 12.6. The van der Waals surface area contributed by atoms with Gasteiger partial charge in [0.1, 0.15) is 5.75 Å². The van der Waals surface area contributed by atoms with Gasteiger partial charge in [-0.1, -0.05) is 23.7 Å². The molecule has 0 spiro atoms. The maximum Gasteiger partial charge on any atom is 0.238 e. The molecule has 0 bridgehead atoms. The standard InChI is InChI=1S/C19H19ClN2O3S/c1-22(11-12-9-13(20)7-8-15(12)25-2)18(23)10-17-19(24)21-14-5-3-4-6-16(14)26-17/h3-9,17H,10-11H2,1-2H3,(H,21,24). The summed E-state index contributed by atoms with van der Waals surface area (Å²) in [6.07, 6.45) is 0.129. The second-order valence-electron chi connectivity index (χ2n) is 6.00. The molecule has 0 fully saturated rings. The van der Waals surface area contributed by atoms with Gasteiger partial charge in [0, 0.05) is 35.5 Å². The molecule has 1 unspecified atom stereocenters. The number of amides is 2. The van der Waals surface area contributed by atoms with Crippen molar-refractivity contribution in [2.45, 2.75) is 23.1 Å². The van der Waals surface area contributed by atoms with E-state index in [1.807, 2.05) is 24.3 Å². The second-order valence-corrected chi connectivity index (χ2v) is 7.68. The number of thioether (sulfide) groups is 1. The molecule has 1 heterocycles. The molecule has 2 aromatic carbocycles. The molecule has 0 radical (unpaired) electrons. The first-order chi connectivity index (χ1) is 12.5. The summed E-state index contributed by atoms with van der Waals surface area (Å²) in [5, 5.41) is 3.00. The van der Waals surface area contributed by atoms with Crippen molar-refractivity contribution in [1.82, 2.24) is 4.90 Å². The molecule has 136 valence electrons. The van der Waals surface area contributed by atoms with Crippen LogP contribution in [-0.2, 0) is 16.1 Å². The van der Waals surface area contributed by atoms with Gasteiger partial charge in [0.2, 0.25) is 11.8 Å². The fraction of sp³-hybridized carbons (Fsp3) is 0.263. The van der Waals surface area contributed by atoms with Crippen LogP contribution in [0.1, 0.15) is 12.0 Å². The van der Waals surface area contributed by atoms with E-state index in [0.717, 1.165) is 16.1 Å². The maximum absolute atomic E-state index is 12.6. The number of hydrogen-bond donors (Lipinski definition) is 1. The number of benzene rings is 2. The molecule has 0 saturated carbocycles. The van der Waals surface area contributed by atoms with Crippen LogP contribution in [0.2, 0.25) is 5.02 Å². The van der Waals surface area contributed by atoms with E-state index in [-0.39, 0.29) is 18.2 Å². The third-order valence-corrected chi connectivity index (χ3v) is 5.65. The highest BCUT2D eigenvalue weighted by molar-refractivity contribution is 8.01. The van der Waals surface area contributed by atoms with Gasteiger partial charge >= 0.3 is 0 Å². The lowest BCUT2D eigenvalue weighted by Crippen LogP contribution is -2.35. The molecule has 2 amide bonds. The highest BCUT2D eigenvalue weighted by atomic mass is 35.5. The van der Waals surface area contributed by atoms with E-state index in [2.05, 4.69) is 5.32 Å². The Morgan fingerprint density at radius 1 is 1.31 bits per heavy atom. The summed E-state index contributed by atoms with van der Waals surface area (Å²) in [5.41, 5.74) is 1.62. The van der Waals surface area contributed by atoms with Crippen molar-refractivity contribution in [3.8, 4) is 5.75 Å². The van der Waals surface area contributed by atoms with Crippen LogP contribution in [0, 0.1) is 0 Å². The Hall–Kier alpha value is -2.18. The molecule has 1 N–H and O–H groups in total. The Balaban J connectivity index is 1.67. The fourth-order valence-corrected chi connectivity index (χ4v) is 4.05. The number of ether oxygens (including phenoxy) is 1. The summed E-state index contributed by atoms with van der Waals surface area (Å²) in [5.74, 6) is 0.419. The summed E-state index contributed by atoms with van der Waals surface area (Å²) in [6.45, 7) is 0.359. The van der Waals surface area contributed by atoms with Crippen LogP contribution in [0.25, 0.3) is 0 Å². The summed E-state index contributed by atoms with van der Waals surface area (Å²) >= 11 is 7.47. The quantitative estimate of drug-likeness (QED) is 0.843. The molecule has 0 aliphatic carbocycles. The van der Waals surface area contributed by atoms with Gasteiger partial charge in [-0.2, -0.15) is 0 Å². The summed E-state index contributed by atoms with van der Waals surface area (Å²) in [7, 11) is 3.29. The minimum Gasteiger partial charge on any atom is -0.496 e. The van der Waals surface area contributed by atoms with Gasteiger partial charge in [0.05, 0.1) is 18.0 Å². The van der Waals surface area contributed by atoms with Crippen molar-refractivity contribution in [2.75, 3.05) is 19.5 Å². The van der Waals surface area contributed by atoms with E-state index < -0.39 is 5.25 Å². The molecule has 26 heavy (non-hydrogen) atoms. The molecule has 1 atom stereocenters. The van der Waals surface area contributed by atoms with E-state index in [4.69, 9.17) is 16.3 Å². The molecule has 5 nitrogen and oxygen atoms in total. The van der Waals surface area contributed by atoms with Crippen LogP contribution in [0.4, 0.5) is 5.69 Å². The van der Waals surface area contributed by atoms with E-state index in [9.17, 15) is 9.59 Å². The van der Waals surface area contributed by atoms with Crippen molar-refractivity contribution in [1.29, 1.82) is 0 Å². The molecule has 3 rings (SSSR count). The van der Waals surface area contributed by atoms with Crippen molar-refractivity contribution in [3.05, 3.63) is 53.1 Å². The number of fused-ring (bicyclic) bond motifs is 1. The SMILES string of the molecule is COc1ccc(Cl)cc1CN(C)C(=O)CC1Sc2ccccc2NC1=O. The summed E-state index contributed by atoms with van der Waals surface area (Å²) in [6, 6.07) is 12.9. The van der Waals surface area contributed by atoms with Gasteiger partial charge in [-0.15, -0.1) is 11.8 Å². The fourth-order valence-electron chi connectivity index (χ4n) is 2.76. The van der Waals surface area contributed by atoms with Gasteiger partial charge < -0.3 is 15.0 Å². The predicted octanol–water partition coefficient (Wildman–Crippen LogP) is 3.81. The van der Waals surface area contributed by atoms with E-state index >= 15 is 0 Å². The summed E-state index contributed by atoms with van der Waals surface area (Å²) < 4.78 is 5.32. The molecule has 0 saturated heterocycles. The number of halogens is 1. The zero-order valence-corrected chi connectivity index (χ0v) is 16.1. The second kappa shape index (κ2) is 8.01. The Kier molecular flexibility index (Phi) is 5.74. The smallest absolute Gasteiger partial charge is 0.238 e. The first kappa shape index (κ1) is 18.6. The minimum absolute atomic E-state index is 0.112. The van der Waals surface area contributed by atoms with Gasteiger partial charge in [0.25, 0.3) is 0 Å². The van der Waals surface area contributed by atoms with Crippen molar-refractivity contribution >= 4 is 40.9 Å². The van der Waals surface area contributed by atoms with Crippen LogP contribution in [0.3, 0.4) is 0 Å². The predicted molar refractivity (Wildman–Crippen MR) is 104 cm³/mol. The average Bonchev–Trinajstić information content (AvgIpc) is 2.62. The van der Waals surface area contributed by atoms with Crippen LogP contribution >= 0.6 is 23.4 Å². The number of hydrogen-bond acceptors (Lipinski definition) is 4. The molecular weight excluding hydrogens is 372 g/mol. The van der Waals surface area contributed by atoms with Gasteiger partial charge in [-0.25, -0.2) is 0 Å². The average molecular weight is 391 g/mol. The molecule has 0 aromatic heterocycles. The molecule has 1 aliphatic rings. The van der Waals surface area contributed by atoms with Crippen LogP contribution in [0.5, 0.6) is 5.75 Å². The lowest BCUT2D eigenvalue weighted by Gasteiger charge is -2.26. The third-order valence-electron chi connectivity index (χ3n) is 4.14. The Morgan fingerprint density at radius 3 is 2.85 bits per heavy atom. The van der Waals surface area contributed by atoms with Gasteiger partial charge in [-0.05, 0) is 30.3 Å². The highest BCUT2D eigenvalue weighted by Gasteiger charge is 2.29. The first-order valence-corrected chi connectivity index (χ1v) is 9.36. The van der Waals surface area contributed by atoms with Crippen molar-refractivity contribution in [3.63, 3.8) is 0 Å². The molecule has 7 heteroatoms. The van der Waals surface area contributed by atoms with E-state index in [1.54, 1.807) is 37.3 Å². The number of rotatable bonds is 5. The van der Waals surface area contributed by atoms with Crippen LogP contribution < -0.4 is 10.1 Å². The number of nitrogens with zero attached hydrogens (tertiary/aromatic N) is 1. The third kappa shape index (κ3) is 4.14. The van der Waals surface area contributed by atoms with Gasteiger partial charge in [-0.3, -0.25) is 9.59 Å². The lowest BCUT2D eigenvalue weighted by atomic mass is 10.1. The number of nitrogens with one attached hydrogen (secondary N) is 1. The number of anilines is 1. The molecule has 2 aromatic rings. The van der Waals surface area contributed by atoms with E-state index in [0.29, 0.717) is 17.3 Å². The van der Waals surface area contributed by atoms with Crippen LogP contribution in [0.15, 0.2) is 47.4 Å². The Labute approximate surface area is 161 Å². The van der Waals surface area contributed by atoms with Gasteiger partial charge in [0.15, 0.2) is 0 Å². The van der Waals surface area contributed by atoms with Crippen LogP contribution in [-0.4, -0.2) is 36.1 Å².